The lowest BCUT2D eigenvalue weighted by atomic mass is 9.98. The van der Waals surface area contributed by atoms with Crippen molar-refractivity contribution >= 4 is 11.9 Å². The van der Waals surface area contributed by atoms with Gasteiger partial charge in [0.1, 0.15) is 55.4 Å². The number of carbonyl (C=O) groups is 2. The minimum atomic E-state index is -1.78. The van der Waals surface area contributed by atoms with Gasteiger partial charge in [0, 0.05) is 0 Å². The molecule has 0 aromatic carbocycles. The summed E-state index contributed by atoms with van der Waals surface area (Å²) in [6, 6.07) is 0. The topological polar surface area (TPSA) is 231 Å². The summed E-state index contributed by atoms with van der Waals surface area (Å²) in [5, 5.41) is 71.7. The zero-order valence-corrected chi connectivity index (χ0v) is 36.2. The predicted molar refractivity (Wildman–Crippen MR) is 224 cm³/mol. The molecule has 2 fully saturated rings. The molecule has 0 saturated carbocycles. The van der Waals surface area contributed by atoms with E-state index in [9.17, 15) is 45.3 Å². The maximum atomic E-state index is 12.9. The molecule has 0 aromatic heterocycles. The first-order valence-electron chi connectivity index (χ1n) is 22.6. The number of esters is 2. The third-order valence-corrected chi connectivity index (χ3v) is 10.7. The molecule has 348 valence electrons. The van der Waals surface area contributed by atoms with E-state index in [4.69, 9.17) is 28.4 Å². The van der Waals surface area contributed by atoms with Gasteiger partial charge >= 0.3 is 11.9 Å². The van der Waals surface area contributed by atoms with Crippen molar-refractivity contribution in [2.24, 2.45) is 0 Å². The van der Waals surface area contributed by atoms with Gasteiger partial charge in [-0.25, -0.2) is 0 Å². The van der Waals surface area contributed by atoms with Crippen molar-refractivity contribution in [3.05, 3.63) is 36.5 Å². The van der Waals surface area contributed by atoms with Crippen LogP contribution in [-0.2, 0) is 38.0 Å². The molecule has 0 bridgehead atoms. The molecule has 2 rings (SSSR count). The molecule has 15 heteroatoms. The van der Waals surface area contributed by atoms with Crippen LogP contribution in [0.5, 0.6) is 0 Å². The zero-order chi connectivity index (χ0) is 44.0. The molecule has 2 aliphatic rings. The number of hydrogen-bond donors (Lipinski definition) is 7. The number of carbonyl (C=O) groups excluding carboxylic acids is 2. The van der Waals surface area contributed by atoms with Crippen LogP contribution in [-0.4, -0.2) is 142 Å². The van der Waals surface area contributed by atoms with Crippen LogP contribution in [0.15, 0.2) is 36.5 Å². The Hall–Kier alpha value is -2.28. The molecular formula is C45H78O15. The molecule has 4 unspecified atom stereocenters. The number of allylic oxidation sites excluding steroid dienone is 4. The average molecular weight is 859 g/mol. The molecule has 7 N–H and O–H groups in total. The minimum absolute atomic E-state index is 0.000949. The van der Waals surface area contributed by atoms with Crippen molar-refractivity contribution in [3.63, 3.8) is 0 Å². The standard InChI is InChI=1S/C45H78O15/c1-3-5-7-9-11-13-15-17-19-21-23-25-27-36(47)55-30-33(58-37(48)28-26-24-22-20-18-16-14-12-10-8-6-4-2)31-56-44-43(54)41(52)39(50)35(60-44)32-57-45-42(53)40(51)38(49)34(29-46)59-45/h17,19,23-26,33-35,38-46,49-54H,3-16,18,20-22,27-32H2,1-2H3/t33-,34-,35-,38+,39+,40?,41?,42?,43?,44-,45+/m1/s1. The Balaban J connectivity index is 1.91. The van der Waals surface area contributed by atoms with E-state index in [0.717, 1.165) is 32.1 Å². The second-order valence-electron chi connectivity index (χ2n) is 15.9. The number of hydrogen-bond acceptors (Lipinski definition) is 15. The van der Waals surface area contributed by atoms with E-state index in [1.165, 1.54) is 77.0 Å². The van der Waals surface area contributed by atoms with Crippen LogP contribution in [0.2, 0.25) is 0 Å². The van der Waals surface area contributed by atoms with Gasteiger partial charge in [-0.05, 0) is 32.1 Å². The third kappa shape index (κ3) is 22.2. The Labute approximate surface area is 357 Å². The van der Waals surface area contributed by atoms with Crippen LogP contribution in [0.3, 0.4) is 0 Å². The van der Waals surface area contributed by atoms with E-state index < -0.39 is 99.3 Å². The first-order valence-corrected chi connectivity index (χ1v) is 22.6. The summed E-state index contributed by atoms with van der Waals surface area (Å²) in [4.78, 5) is 25.5. The van der Waals surface area contributed by atoms with E-state index in [0.29, 0.717) is 6.42 Å². The van der Waals surface area contributed by atoms with Crippen molar-refractivity contribution < 1.29 is 73.8 Å². The highest BCUT2D eigenvalue weighted by Crippen LogP contribution is 2.26. The van der Waals surface area contributed by atoms with Crippen LogP contribution < -0.4 is 0 Å². The lowest BCUT2D eigenvalue weighted by Gasteiger charge is -2.42. The molecule has 0 spiro atoms. The Kier molecular flexibility index (Phi) is 29.9. The van der Waals surface area contributed by atoms with Crippen molar-refractivity contribution in [2.75, 3.05) is 26.4 Å². The second-order valence-corrected chi connectivity index (χ2v) is 15.9. The molecule has 0 amide bonds. The van der Waals surface area contributed by atoms with Crippen LogP contribution >= 0.6 is 0 Å². The maximum absolute atomic E-state index is 12.9. The predicted octanol–water partition coefficient (Wildman–Crippen LogP) is 4.59. The minimum Gasteiger partial charge on any atom is -0.461 e. The highest BCUT2D eigenvalue weighted by molar-refractivity contribution is 5.72. The first kappa shape index (κ1) is 53.9. The van der Waals surface area contributed by atoms with Crippen LogP contribution in [0, 0.1) is 0 Å². The van der Waals surface area contributed by atoms with Crippen molar-refractivity contribution in [3.8, 4) is 0 Å². The smallest absolute Gasteiger partial charge is 0.310 e. The van der Waals surface area contributed by atoms with E-state index in [1.54, 1.807) is 12.2 Å². The van der Waals surface area contributed by atoms with Crippen LogP contribution in [0.4, 0.5) is 0 Å². The van der Waals surface area contributed by atoms with Gasteiger partial charge in [0.25, 0.3) is 0 Å². The highest BCUT2D eigenvalue weighted by atomic mass is 16.7. The zero-order valence-electron chi connectivity index (χ0n) is 36.2. The molecule has 0 aromatic rings. The van der Waals surface area contributed by atoms with Gasteiger partial charge in [0.2, 0.25) is 0 Å². The monoisotopic (exact) mass is 859 g/mol. The van der Waals surface area contributed by atoms with Crippen molar-refractivity contribution in [1.29, 1.82) is 0 Å². The fourth-order valence-electron chi connectivity index (χ4n) is 6.87. The molecular weight excluding hydrogens is 780 g/mol. The highest BCUT2D eigenvalue weighted by Gasteiger charge is 2.47. The van der Waals surface area contributed by atoms with Gasteiger partial charge in [-0.15, -0.1) is 0 Å². The number of aliphatic hydroxyl groups excluding tert-OH is 7. The molecule has 2 heterocycles. The lowest BCUT2D eigenvalue weighted by molar-refractivity contribution is -0.332. The summed E-state index contributed by atoms with van der Waals surface area (Å²) in [6.07, 6.45) is 15.3. The van der Waals surface area contributed by atoms with Gasteiger partial charge < -0.3 is 64.2 Å². The fourth-order valence-corrected chi connectivity index (χ4v) is 6.87. The van der Waals surface area contributed by atoms with Crippen molar-refractivity contribution in [1.82, 2.24) is 0 Å². The first-order chi connectivity index (χ1) is 29.0. The summed E-state index contributed by atoms with van der Waals surface area (Å²) in [5.41, 5.74) is 0. The number of unbranched alkanes of at least 4 members (excludes halogenated alkanes) is 15. The van der Waals surface area contributed by atoms with Gasteiger partial charge in [-0.1, -0.05) is 134 Å². The Morgan fingerprint density at radius 1 is 0.533 bits per heavy atom. The second kappa shape index (κ2) is 33.3. The Morgan fingerprint density at radius 2 is 1.00 bits per heavy atom. The summed E-state index contributed by atoms with van der Waals surface area (Å²) in [7, 11) is 0. The van der Waals surface area contributed by atoms with Crippen LogP contribution in [0.1, 0.15) is 142 Å². The number of ether oxygens (including phenoxy) is 6. The van der Waals surface area contributed by atoms with E-state index in [-0.39, 0.29) is 19.4 Å². The number of rotatable bonds is 33. The SMILES string of the molecule is CCCCCCCCC=CCC=CCC(=O)OC[C@H](CO[C@@H]1O[C@H](CO[C@H]2O[C@H](CO)[C@H](O)C(O)C2O)[C@H](O)C(O)C1O)OC(=O)CC=CCCCCCCCCCCC. The van der Waals surface area contributed by atoms with Gasteiger partial charge in [0.15, 0.2) is 18.7 Å². The Bertz CT molecular complexity index is 1200. The summed E-state index contributed by atoms with van der Waals surface area (Å²) >= 11 is 0. The average Bonchev–Trinajstić information content (AvgIpc) is 3.24. The Morgan fingerprint density at radius 3 is 1.58 bits per heavy atom. The normalized spacial score (nSPS) is 27.9. The molecule has 11 atom stereocenters. The summed E-state index contributed by atoms with van der Waals surface area (Å²) in [5.74, 6) is -1.15. The maximum Gasteiger partial charge on any atom is 0.310 e. The quantitative estimate of drug-likeness (QED) is 0.0272. The number of aliphatic hydroxyl groups is 7. The fraction of sp³-hybridized carbons (Fsp3) is 0.822. The summed E-state index contributed by atoms with van der Waals surface area (Å²) < 4.78 is 33.2. The van der Waals surface area contributed by atoms with Crippen LogP contribution in [0.25, 0.3) is 0 Å². The molecule has 0 aliphatic carbocycles. The van der Waals surface area contributed by atoms with Gasteiger partial charge in [-0.3, -0.25) is 9.59 Å². The van der Waals surface area contributed by atoms with E-state index >= 15 is 0 Å². The van der Waals surface area contributed by atoms with Gasteiger partial charge in [-0.2, -0.15) is 0 Å². The van der Waals surface area contributed by atoms with Gasteiger partial charge in [0.05, 0.1) is 32.7 Å². The molecule has 0 radical (unpaired) electrons. The van der Waals surface area contributed by atoms with Crippen molar-refractivity contribution in [2.45, 2.75) is 210 Å². The lowest BCUT2D eigenvalue weighted by Crippen LogP contribution is -2.61. The molecule has 2 aliphatic heterocycles. The molecule has 2 saturated heterocycles. The largest absolute Gasteiger partial charge is 0.461 e. The molecule has 60 heavy (non-hydrogen) atoms. The summed E-state index contributed by atoms with van der Waals surface area (Å²) in [6.45, 7) is 2.40. The third-order valence-electron chi connectivity index (χ3n) is 10.7. The molecule has 15 nitrogen and oxygen atoms in total. The van der Waals surface area contributed by atoms with E-state index in [2.05, 4.69) is 26.0 Å². The van der Waals surface area contributed by atoms with E-state index in [1.807, 2.05) is 12.2 Å².